The minimum atomic E-state index is -0.251. The molecule has 0 atom stereocenters. The number of anilines is 1. The SMILES string of the molecule is CCC1(CNc2cnn(C)c(=O)c2Cl)CCCC1. The van der Waals surface area contributed by atoms with Crippen molar-refractivity contribution < 1.29 is 0 Å². The molecule has 1 fully saturated rings. The normalized spacial score (nSPS) is 17.9. The summed E-state index contributed by atoms with van der Waals surface area (Å²) in [6.45, 7) is 3.11. The van der Waals surface area contributed by atoms with Crippen molar-refractivity contribution in [2.75, 3.05) is 11.9 Å². The molecule has 1 aromatic heterocycles. The maximum atomic E-state index is 11.7. The van der Waals surface area contributed by atoms with Gasteiger partial charge in [0.25, 0.3) is 5.56 Å². The van der Waals surface area contributed by atoms with Gasteiger partial charge in [0.2, 0.25) is 0 Å². The van der Waals surface area contributed by atoms with Gasteiger partial charge in [-0.3, -0.25) is 4.79 Å². The number of hydrogen-bond acceptors (Lipinski definition) is 3. The maximum Gasteiger partial charge on any atom is 0.287 e. The summed E-state index contributed by atoms with van der Waals surface area (Å²) in [5, 5.41) is 7.53. The van der Waals surface area contributed by atoms with Crippen molar-refractivity contribution in [3.05, 3.63) is 21.6 Å². The molecule has 0 radical (unpaired) electrons. The van der Waals surface area contributed by atoms with E-state index in [-0.39, 0.29) is 10.6 Å². The first-order valence-corrected chi connectivity index (χ1v) is 6.91. The lowest BCUT2D eigenvalue weighted by Crippen LogP contribution is -2.28. The summed E-state index contributed by atoms with van der Waals surface area (Å²) >= 11 is 6.04. The Hall–Kier alpha value is -1.03. The lowest BCUT2D eigenvalue weighted by atomic mass is 9.83. The third kappa shape index (κ3) is 2.53. The molecule has 1 aliphatic rings. The molecule has 0 unspecified atom stereocenters. The van der Waals surface area contributed by atoms with Crippen LogP contribution in [0, 0.1) is 5.41 Å². The summed E-state index contributed by atoms with van der Waals surface area (Å²) in [5.74, 6) is 0. The monoisotopic (exact) mass is 269 g/mol. The molecule has 1 N–H and O–H groups in total. The highest BCUT2D eigenvalue weighted by Gasteiger charge is 2.31. The molecule has 100 valence electrons. The Morgan fingerprint density at radius 3 is 2.78 bits per heavy atom. The van der Waals surface area contributed by atoms with Crippen molar-refractivity contribution in [1.82, 2.24) is 9.78 Å². The zero-order chi connectivity index (χ0) is 13.2. The van der Waals surface area contributed by atoms with E-state index in [0.717, 1.165) is 13.0 Å². The second-order valence-electron chi connectivity index (χ2n) is 5.22. The molecule has 1 heterocycles. The Morgan fingerprint density at radius 2 is 2.17 bits per heavy atom. The van der Waals surface area contributed by atoms with Crippen LogP contribution < -0.4 is 10.9 Å². The molecule has 0 bridgehead atoms. The van der Waals surface area contributed by atoms with Crippen LogP contribution in [0.2, 0.25) is 5.02 Å². The van der Waals surface area contributed by atoms with Gasteiger partial charge in [-0.25, -0.2) is 4.68 Å². The van der Waals surface area contributed by atoms with Gasteiger partial charge in [0.1, 0.15) is 5.02 Å². The van der Waals surface area contributed by atoms with Crippen molar-refractivity contribution in [3.8, 4) is 0 Å². The van der Waals surface area contributed by atoms with Crippen molar-refractivity contribution in [3.63, 3.8) is 0 Å². The fourth-order valence-electron chi connectivity index (χ4n) is 2.70. The average Bonchev–Trinajstić information content (AvgIpc) is 2.85. The molecular formula is C13H20ClN3O. The zero-order valence-corrected chi connectivity index (χ0v) is 11.8. The van der Waals surface area contributed by atoms with E-state index in [4.69, 9.17) is 11.6 Å². The number of rotatable bonds is 4. The second kappa shape index (κ2) is 5.31. The summed E-state index contributed by atoms with van der Waals surface area (Å²) in [6.07, 6.45) is 7.91. The molecular weight excluding hydrogens is 250 g/mol. The van der Waals surface area contributed by atoms with Crippen LogP contribution in [-0.2, 0) is 7.05 Å². The van der Waals surface area contributed by atoms with Gasteiger partial charge in [0.05, 0.1) is 11.9 Å². The van der Waals surface area contributed by atoms with Gasteiger partial charge in [-0.05, 0) is 24.7 Å². The first-order valence-electron chi connectivity index (χ1n) is 6.54. The van der Waals surface area contributed by atoms with Gasteiger partial charge in [0, 0.05) is 13.6 Å². The summed E-state index contributed by atoms with van der Waals surface area (Å²) < 4.78 is 1.25. The molecule has 0 aromatic carbocycles. The standard InChI is InChI=1S/C13H20ClN3O/c1-3-13(6-4-5-7-13)9-15-10-8-16-17(2)12(18)11(10)14/h8,15H,3-7,9H2,1-2H3. The molecule has 5 heteroatoms. The van der Waals surface area contributed by atoms with Gasteiger partial charge in [0.15, 0.2) is 0 Å². The minimum Gasteiger partial charge on any atom is -0.382 e. The fraction of sp³-hybridized carbons (Fsp3) is 0.692. The molecule has 0 spiro atoms. The van der Waals surface area contributed by atoms with Gasteiger partial charge in [-0.1, -0.05) is 31.4 Å². The van der Waals surface area contributed by atoms with E-state index in [0.29, 0.717) is 11.1 Å². The topological polar surface area (TPSA) is 46.9 Å². The Labute approximate surface area is 112 Å². The van der Waals surface area contributed by atoms with Crippen LogP contribution in [0.1, 0.15) is 39.0 Å². The molecule has 0 amide bonds. The van der Waals surface area contributed by atoms with Gasteiger partial charge < -0.3 is 5.32 Å². The number of nitrogens with zero attached hydrogens (tertiary/aromatic N) is 2. The average molecular weight is 270 g/mol. The molecule has 1 aliphatic carbocycles. The van der Waals surface area contributed by atoms with E-state index in [1.165, 1.54) is 30.4 Å². The highest BCUT2D eigenvalue weighted by Crippen LogP contribution is 2.41. The smallest absolute Gasteiger partial charge is 0.287 e. The van der Waals surface area contributed by atoms with E-state index >= 15 is 0 Å². The lowest BCUT2D eigenvalue weighted by Gasteiger charge is -2.28. The highest BCUT2D eigenvalue weighted by molar-refractivity contribution is 6.32. The van der Waals surface area contributed by atoms with Gasteiger partial charge >= 0.3 is 0 Å². The number of nitrogens with one attached hydrogen (secondary N) is 1. The molecule has 4 nitrogen and oxygen atoms in total. The van der Waals surface area contributed by atoms with E-state index in [1.54, 1.807) is 13.2 Å². The summed E-state index contributed by atoms with van der Waals surface area (Å²) in [7, 11) is 1.60. The third-order valence-corrected chi connectivity index (χ3v) is 4.51. The van der Waals surface area contributed by atoms with Crippen molar-refractivity contribution >= 4 is 17.3 Å². The number of hydrogen-bond donors (Lipinski definition) is 1. The van der Waals surface area contributed by atoms with E-state index in [1.807, 2.05) is 0 Å². The Kier molecular flexibility index (Phi) is 3.95. The molecule has 2 rings (SSSR count). The highest BCUT2D eigenvalue weighted by atomic mass is 35.5. The van der Waals surface area contributed by atoms with Crippen LogP contribution in [0.25, 0.3) is 0 Å². The van der Waals surface area contributed by atoms with Crippen molar-refractivity contribution in [2.45, 2.75) is 39.0 Å². The second-order valence-corrected chi connectivity index (χ2v) is 5.59. The van der Waals surface area contributed by atoms with Crippen LogP contribution >= 0.6 is 11.6 Å². The molecule has 0 saturated heterocycles. The third-order valence-electron chi connectivity index (χ3n) is 4.15. The molecule has 0 aliphatic heterocycles. The number of aryl methyl sites for hydroxylation is 1. The zero-order valence-electron chi connectivity index (χ0n) is 11.0. The largest absolute Gasteiger partial charge is 0.382 e. The van der Waals surface area contributed by atoms with Crippen LogP contribution in [-0.4, -0.2) is 16.3 Å². The minimum absolute atomic E-state index is 0.233. The first-order chi connectivity index (χ1) is 8.58. The van der Waals surface area contributed by atoms with Gasteiger partial charge in [-0.2, -0.15) is 5.10 Å². The predicted octanol–water partition coefficient (Wildman–Crippen LogP) is 2.82. The first kappa shape index (κ1) is 13.4. The number of halogens is 1. The van der Waals surface area contributed by atoms with Crippen molar-refractivity contribution in [2.24, 2.45) is 12.5 Å². The summed E-state index contributed by atoms with van der Waals surface area (Å²) in [4.78, 5) is 11.7. The maximum absolute atomic E-state index is 11.7. The van der Waals surface area contributed by atoms with Gasteiger partial charge in [-0.15, -0.1) is 0 Å². The predicted molar refractivity (Wildman–Crippen MR) is 74.2 cm³/mol. The Bertz CT molecular complexity index is 478. The van der Waals surface area contributed by atoms with Crippen LogP contribution in [0.5, 0.6) is 0 Å². The van der Waals surface area contributed by atoms with Crippen LogP contribution in [0.4, 0.5) is 5.69 Å². The Balaban J connectivity index is 2.11. The summed E-state index contributed by atoms with van der Waals surface area (Å²) in [5.41, 5.74) is 0.767. The quantitative estimate of drug-likeness (QED) is 0.914. The van der Waals surface area contributed by atoms with Crippen molar-refractivity contribution in [1.29, 1.82) is 0 Å². The van der Waals surface area contributed by atoms with Crippen LogP contribution in [0.15, 0.2) is 11.0 Å². The van der Waals surface area contributed by atoms with E-state index in [9.17, 15) is 4.79 Å². The van der Waals surface area contributed by atoms with Crippen LogP contribution in [0.3, 0.4) is 0 Å². The Morgan fingerprint density at radius 1 is 1.50 bits per heavy atom. The molecule has 1 saturated carbocycles. The number of aromatic nitrogens is 2. The van der Waals surface area contributed by atoms with E-state index in [2.05, 4.69) is 17.3 Å². The fourth-order valence-corrected chi connectivity index (χ4v) is 2.93. The molecule has 1 aromatic rings. The summed E-state index contributed by atoms with van der Waals surface area (Å²) in [6, 6.07) is 0. The lowest BCUT2D eigenvalue weighted by molar-refractivity contribution is 0.307. The molecule has 18 heavy (non-hydrogen) atoms. The van der Waals surface area contributed by atoms with E-state index < -0.39 is 0 Å².